The molecule has 3 rings (SSSR count). The molecule has 2 heterocycles. The second-order valence-corrected chi connectivity index (χ2v) is 6.49. The van der Waals surface area contributed by atoms with Crippen molar-refractivity contribution in [3.8, 4) is 0 Å². The van der Waals surface area contributed by atoms with Gasteiger partial charge >= 0.3 is 5.97 Å². The van der Waals surface area contributed by atoms with Gasteiger partial charge in [0.05, 0.1) is 12.2 Å². The molecule has 1 aliphatic rings. The maximum absolute atomic E-state index is 11.8. The van der Waals surface area contributed by atoms with Crippen LogP contribution < -0.4 is 4.90 Å². The van der Waals surface area contributed by atoms with Crippen LogP contribution in [0, 0.1) is 0 Å². The van der Waals surface area contributed by atoms with E-state index >= 15 is 0 Å². The lowest BCUT2D eigenvalue weighted by molar-refractivity contribution is 0.0526. The molecule has 1 aromatic heterocycles. The maximum atomic E-state index is 11.8. The van der Waals surface area contributed by atoms with Crippen molar-refractivity contribution in [2.75, 3.05) is 24.6 Å². The molecule has 0 radical (unpaired) electrons. The van der Waals surface area contributed by atoms with Gasteiger partial charge in [-0.15, -0.1) is 0 Å². The summed E-state index contributed by atoms with van der Waals surface area (Å²) >= 11 is 1.56. The Morgan fingerprint density at radius 1 is 1.26 bits per heavy atom. The van der Waals surface area contributed by atoms with Crippen molar-refractivity contribution in [1.82, 2.24) is 4.98 Å². The number of hydrogen-bond donors (Lipinski definition) is 0. The average molecular weight is 328 g/mol. The number of nitrogens with zero attached hydrogens (tertiary/aromatic N) is 2. The molecule has 1 fully saturated rings. The molecule has 0 spiro atoms. The molecule has 4 nitrogen and oxygen atoms in total. The van der Waals surface area contributed by atoms with Crippen LogP contribution in [0.1, 0.15) is 30.1 Å². The first-order valence-electron chi connectivity index (χ1n) is 7.92. The normalized spacial score (nSPS) is 14.0. The first kappa shape index (κ1) is 15.9. The third kappa shape index (κ3) is 4.05. The number of rotatable bonds is 5. The molecule has 1 saturated heterocycles. The minimum Gasteiger partial charge on any atom is -0.462 e. The summed E-state index contributed by atoms with van der Waals surface area (Å²) < 4.78 is 5.04. The van der Waals surface area contributed by atoms with Gasteiger partial charge in [-0.05, 0) is 50.1 Å². The Morgan fingerprint density at radius 3 is 2.87 bits per heavy atom. The van der Waals surface area contributed by atoms with E-state index in [1.54, 1.807) is 37.0 Å². The van der Waals surface area contributed by atoms with Crippen molar-refractivity contribution in [1.29, 1.82) is 0 Å². The summed E-state index contributed by atoms with van der Waals surface area (Å²) in [5.74, 6) is -0.303. The molecular formula is C18H20N2O2S. The van der Waals surface area contributed by atoms with Crippen LogP contribution in [0.25, 0.3) is 0 Å². The van der Waals surface area contributed by atoms with Crippen molar-refractivity contribution in [3.63, 3.8) is 0 Å². The van der Waals surface area contributed by atoms with Gasteiger partial charge in [-0.25, -0.2) is 9.78 Å². The second kappa shape index (κ2) is 7.51. The lowest BCUT2D eigenvalue weighted by atomic mass is 10.3. The number of pyridine rings is 1. The maximum Gasteiger partial charge on any atom is 0.338 e. The monoisotopic (exact) mass is 328 g/mol. The quantitative estimate of drug-likeness (QED) is 0.776. The van der Waals surface area contributed by atoms with Gasteiger partial charge in [0.2, 0.25) is 0 Å². The van der Waals surface area contributed by atoms with E-state index in [0.717, 1.165) is 23.0 Å². The van der Waals surface area contributed by atoms with Crippen molar-refractivity contribution >= 4 is 23.4 Å². The number of hydrogen-bond acceptors (Lipinski definition) is 5. The van der Waals surface area contributed by atoms with Gasteiger partial charge in [-0.1, -0.05) is 17.8 Å². The first-order valence-corrected chi connectivity index (χ1v) is 8.74. The molecule has 0 aliphatic carbocycles. The van der Waals surface area contributed by atoms with E-state index in [1.165, 1.54) is 18.5 Å². The summed E-state index contributed by atoms with van der Waals surface area (Å²) in [6, 6.07) is 12.0. The molecular weight excluding hydrogens is 308 g/mol. The zero-order valence-electron chi connectivity index (χ0n) is 13.2. The molecule has 0 bridgehead atoms. The van der Waals surface area contributed by atoms with Gasteiger partial charge in [-0.3, -0.25) is 0 Å². The zero-order chi connectivity index (χ0) is 16.1. The number of esters is 1. The predicted molar refractivity (Wildman–Crippen MR) is 92.2 cm³/mol. The SMILES string of the molecule is CCOC(=O)c1ccnc(Sc2cccc(N3CCCC3)c2)c1. The van der Waals surface area contributed by atoms with Crippen molar-refractivity contribution in [2.24, 2.45) is 0 Å². The molecule has 2 aromatic rings. The van der Waals surface area contributed by atoms with Crippen LogP contribution in [0.2, 0.25) is 0 Å². The Morgan fingerprint density at radius 2 is 2.09 bits per heavy atom. The third-order valence-electron chi connectivity index (χ3n) is 3.76. The summed E-state index contributed by atoms with van der Waals surface area (Å²) in [5, 5.41) is 0.800. The van der Waals surface area contributed by atoms with E-state index in [-0.39, 0.29) is 5.97 Å². The average Bonchev–Trinajstić information content (AvgIpc) is 3.10. The fourth-order valence-electron chi connectivity index (χ4n) is 2.65. The molecule has 0 amide bonds. The standard InChI is InChI=1S/C18H20N2O2S/c1-2-22-18(21)14-8-9-19-17(12-14)23-16-7-5-6-15(13-16)20-10-3-4-11-20/h5-9,12-13H,2-4,10-11H2,1H3. The van der Waals surface area contributed by atoms with Crippen molar-refractivity contribution in [2.45, 2.75) is 29.7 Å². The molecule has 1 aliphatic heterocycles. The van der Waals surface area contributed by atoms with Gasteiger partial charge in [0.15, 0.2) is 0 Å². The lowest BCUT2D eigenvalue weighted by Gasteiger charge is -2.18. The smallest absolute Gasteiger partial charge is 0.338 e. The Bertz CT molecular complexity index is 684. The fourth-order valence-corrected chi connectivity index (χ4v) is 3.51. The highest BCUT2D eigenvalue weighted by molar-refractivity contribution is 7.99. The minimum atomic E-state index is -0.303. The predicted octanol–water partition coefficient (Wildman–Crippen LogP) is 4.01. The number of carbonyl (C=O) groups is 1. The highest BCUT2D eigenvalue weighted by Crippen LogP contribution is 2.30. The first-order chi connectivity index (χ1) is 11.3. The molecule has 0 saturated carbocycles. The molecule has 23 heavy (non-hydrogen) atoms. The number of benzene rings is 1. The molecule has 5 heteroatoms. The van der Waals surface area contributed by atoms with Crippen LogP contribution in [0.15, 0.2) is 52.5 Å². The van der Waals surface area contributed by atoms with E-state index in [9.17, 15) is 4.79 Å². The van der Waals surface area contributed by atoms with E-state index in [4.69, 9.17) is 4.74 Å². The number of aromatic nitrogens is 1. The van der Waals surface area contributed by atoms with Gasteiger partial charge in [0.1, 0.15) is 5.03 Å². The Kier molecular flexibility index (Phi) is 5.18. The molecule has 0 N–H and O–H groups in total. The molecule has 1 aromatic carbocycles. The van der Waals surface area contributed by atoms with E-state index in [0.29, 0.717) is 12.2 Å². The van der Waals surface area contributed by atoms with Crippen LogP contribution in [-0.2, 0) is 4.74 Å². The Labute approximate surface area is 140 Å². The zero-order valence-corrected chi connectivity index (χ0v) is 14.0. The number of anilines is 1. The Hall–Kier alpha value is -2.01. The van der Waals surface area contributed by atoms with Gasteiger partial charge in [0.25, 0.3) is 0 Å². The summed E-state index contributed by atoms with van der Waals surface area (Å²) in [5.41, 5.74) is 1.80. The fraction of sp³-hybridized carbons (Fsp3) is 0.333. The summed E-state index contributed by atoms with van der Waals surface area (Å²) in [6.07, 6.45) is 4.18. The minimum absolute atomic E-state index is 0.303. The topological polar surface area (TPSA) is 42.4 Å². The Balaban J connectivity index is 1.75. The third-order valence-corrected chi connectivity index (χ3v) is 4.68. The van der Waals surface area contributed by atoms with Gasteiger partial charge in [0, 0.05) is 29.9 Å². The van der Waals surface area contributed by atoms with E-state index in [2.05, 4.69) is 34.1 Å². The highest BCUT2D eigenvalue weighted by Gasteiger charge is 2.13. The van der Waals surface area contributed by atoms with Crippen molar-refractivity contribution < 1.29 is 9.53 Å². The van der Waals surface area contributed by atoms with E-state index < -0.39 is 0 Å². The van der Waals surface area contributed by atoms with Crippen LogP contribution in [0.5, 0.6) is 0 Å². The van der Waals surface area contributed by atoms with Crippen LogP contribution in [-0.4, -0.2) is 30.6 Å². The number of carbonyl (C=O) groups excluding carboxylic acids is 1. The molecule has 120 valence electrons. The summed E-state index contributed by atoms with van der Waals surface area (Å²) in [7, 11) is 0. The summed E-state index contributed by atoms with van der Waals surface area (Å²) in [4.78, 5) is 19.7. The largest absolute Gasteiger partial charge is 0.462 e. The van der Waals surface area contributed by atoms with Crippen LogP contribution >= 0.6 is 11.8 Å². The highest BCUT2D eigenvalue weighted by atomic mass is 32.2. The second-order valence-electron chi connectivity index (χ2n) is 5.40. The number of ether oxygens (including phenoxy) is 1. The van der Waals surface area contributed by atoms with Gasteiger partial charge in [-0.2, -0.15) is 0 Å². The molecule has 0 unspecified atom stereocenters. The van der Waals surface area contributed by atoms with Crippen LogP contribution in [0.3, 0.4) is 0 Å². The van der Waals surface area contributed by atoms with Crippen molar-refractivity contribution in [3.05, 3.63) is 48.2 Å². The van der Waals surface area contributed by atoms with E-state index in [1.807, 2.05) is 0 Å². The lowest BCUT2D eigenvalue weighted by Crippen LogP contribution is -2.17. The molecule has 0 atom stereocenters. The summed E-state index contributed by atoms with van der Waals surface area (Å²) in [6.45, 7) is 4.44. The van der Waals surface area contributed by atoms with Crippen LogP contribution in [0.4, 0.5) is 5.69 Å². The van der Waals surface area contributed by atoms with Gasteiger partial charge < -0.3 is 9.64 Å².